The summed E-state index contributed by atoms with van der Waals surface area (Å²) in [5.74, 6) is -7.64. The number of methoxy groups -OCH3 is 1. The molecule has 9 aromatic carbocycles. The van der Waals surface area contributed by atoms with E-state index in [0.29, 0.717) is 92.2 Å². The predicted molar refractivity (Wildman–Crippen MR) is 516 cm³/mol. The van der Waals surface area contributed by atoms with Gasteiger partial charge in [0, 0.05) is 160 Å². The van der Waals surface area contributed by atoms with Crippen LogP contribution < -0.4 is 0 Å². The Hall–Kier alpha value is -13.7. The lowest BCUT2D eigenvalue weighted by Crippen LogP contribution is -2.57. The number of ether oxygens (including phenoxy) is 8. The number of carboxylic acids is 5. The largest absolute Gasteiger partial charge is 0.479 e. The normalized spacial score (nSPS) is 23.6. The van der Waals surface area contributed by atoms with Crippen LogP contribution in [0.25, 0.3) is 105 Å². The third-order valence-corrected chi connectivity index (χ3v) is 28.5. The zero-order valence-electron chi connectivity index (χ0n) is 77.3. The minimum absolute atomic E-state index is 0.00104. The maximum absolute atomic E-state index is 14.1. The van der Waals surface area contributed by atoms with Crippen LogP contribution in [0.5, 0.6) is 0 Å². The number of nitrogens with zero attached hydrogens (tertiary/aromatic N) is 8. The Morgan fingerprint density at radius 3 is 1.24 bits per heavy atom. The molecule has 2 unspecified atom stereocenters. The van der Waals surface area contributed by atoms with Gasteiger partial charge in [-0.25, -0.2) is 51.3 Å². The minimum Gasteiger partial charge on any atom is -0.479 e. The Balaban J connectivity index is 0.000000132. The monoisotopic (exact) mass is 2020 g/mol. The average molecular weight is 2030 g/mol. The van der Waals surface area contributed by atoms with Gasteiger partial charge in [0.05, 0.1) is 64.1 Å². The summed E-state index contributed by atoms with van der Waals surface area (Å²) in [6.07, 6.45) is -8.51. The molecule has 6 fully saturated rings. The number of carbonyl (C=O) groups excluding carboxylic acids is 2. The van der Waals surface area contributed by atoms with Crippen molar-refractivity contribution in [2.75, 3.05) is 46.8 Å². The van der Waals surface area contributed by atoms with Crippen LogP contribution in [-0.4, -0.2) is 250 Å². The number of halogens is 4. The van der Waals surface area contributed by atoms with Crippen LogP contribution >= 0.6 is 15.9 Å². The number of fused-ring (bicyclic) bond motifs is 6. The second-order valence-corrected chi connectivity index (χ2v) is 37.3. The van der Waals surface area contributed by atoms with Crippen LogP contribution in [0.3, 0.4) is 0 Å². The summed E-state index contributed by atoms with van der Waals surface area (Å²) in [6, 6.07) is 50.9. The number of alkyl halides is 1. The van der Waals surface area contributed by atoms with E-state index in [1.807, 2.05) is 68.6 Å². The average Bonchev–Trinajstić information content (AvgIpc) is 1.56. The molecule has 6 saturated heterocycles. The van der Waals surface area contributed by atoms with Crippen molar-refractivity contribution in [1.29, 1.82) is 0 Å². The van der Waals surface area contributed by atoms with Crippen molar-refractivity contribution in [3.8, 4) is 50.4 Å². The third-order valence-electron chi connectivity index (χ3n) is 27.7. The smallest absolute Gasteiger partial charge is 0.335 e. The number of aliphatic carboxylic acids is 2. The fourth-order valence-electron chi connectivity index (χ4n) is 20.3. The van der Waals surface area contributed by atoms with Gasteiger partial charge in [0.15, 0.2) is 35.8 Å². The van der Waals surface area contributed by atoms with Crippen molar-refractivity contribution < 1.29 is 141 Å². The highest BCUT2D eigenvalue weighted by atomic mass is 79.9. The highest BCUT2D eigenvalue weighted by Gasteiger charge is 2.51. The van der Waals surface area contributed by atoms with E-state index in [9.17, 15) is 103 Å². The Morgan fingerprint density at radius 2 is 0.832 bits per heavy atom. The van der Waals surface area contributed by atoms with Gasteiger partial charge in [-0.3, -0.25) is 9.79 Å². The molecule has 7 aliphatic heterocycles. The molecule has 744 valence electrons. The number of aliphatic imine (C=N–C) groups is 1. The van der Waals surface area contributed by atoms with E-state index in [1.54, 1.807) is 79.0 Å². The topological polar surface area (TPSA) is 479 Å². The van der Waals surface area contributed by atoms with E-state index in [2.05, 4.69) is 61.7 Å². The lowest BCUT2D eigenvalue weighted by molar-refractivity contribution is -0.249. The predicted octanol–water partition coefficient (Wildman–Crippen LogP) is 14.3. The summed E-state index contributed by atoms with van der Waals surface area (Å²) in [5.41, 5.74) is 16.8. The number of carbonyl (C=O) groups is 7. The van der Waals surface area contributed by atoms with Crippen LogP contribution in [0.4, 0.5) is 13.2 Å². The molecule has 12 heterocycles. The first-order valence-electron chi connectivity index (χ1n) is 46.5. The zero-order chi connectivity index (χ0) is 101. The molecule has 5 aromatic heterocycles. The molecule has 38 heteroatoms. The van der Waals surface area contributed by atoms with Gasteiger partial charge in [0.1, 0.15) is 60.2 Å². The fourth-order valence-corrected chi connectivity index (χ4v) is 21.1. The summed E-state index contributed by atoms with van der Waals surface area (Å²) in [7, 11) is 1.32. The summed E-state index contributed by atoms with van der Waals surface area (Å²) in [5, 5.41) is 123. The number of esters is 2. The summed E-state index contributed by atoms with van der Waals surface area (Å²) >= 11 is 3.28. The number of aromatic carboxylic acids is 3. The molecule has 0 aliphatic carbocycles. The maximum Gasteiger partial charge on any atom is 0.335 e. The van der Waals surface area contributed by atoms with Gasteiger partial charge in [-0.1, -0.05) is 66.2 Å². The Morgan fingerprint density at radius 1 is 0.441 bits per heavy atom. The highest BCUT2D eigenvalue weighted by molar-refractivity contribution is 9.09. The number of aromatic nitrogens is 7. The van der Waals surface area contributed by atoms with Gasteiger partial charge in [0.2, 0.25) is 0 Å². The molecule has 0 bridgehead atoms. The molecular weight excluding hydrogens is 1930 g/mol. The number of hydrogen-bond donors (Lipinski definition) is 11. The van der Waals surface area contributed by atoms with Crippen molar-refractivity contribution in [3.05, 3.63) is 257 Å². The van der Waals surface area contributed by atoms with Crippen molar-refractivity contribution >= 4 is 118 Å². The molecule has 0 radical (unpaired) electrons. The minimum atomic E-state index is -1.86. The van der Waals surface area contributed by atoms with Gasteiger partial charge in [-0.15, -0.1) is 0 Å². The number of rotatable bonds is 18. The molecular formula is C105H100BrF3N8O26. The number of hydrogen-bond acceptors (Lipinski definition) is 24. The number of carboxylic acid groups (broad SMARTS) is 5. The van der Waals surface area contributed by atoms with Gasteiger partial charge in [0.25, 0.3) is 0 Å². The first-order chi connectivity index (χ1) is 68.7. The van der Waals surface area contributed by atoms with E-state index in [0.717, 1.165) is 120 Å². The Labute approximate surface area is 820 Å². The summed E-state index contributed by atoms with van der Waals surface area (Å²) < 4.78 is 94.4. The molecule has 34 nitrogen and oxygen atoms in total. The zero-order valence-corrected chi connectivity index (χ0v) is 78.9. The third kappa shape index (κ3) is 19.6. The molecule has 143 heavy (non-hydrogen) atoms. The standard InChI is InChI=1S/2C33H30FN3O9.C28H23FN2O3.C11H17BrO5/c34-20-5-7-21(8-6-20)37-24-13-19-15-36(31-29(40)27(38)28(39)30(46-31)33(43)44)35-23(19)14-22(24)25(26(37)17-9-11-45-12-10-17)16-1-3-18(4-2-16)32(41)42;34-20-5-7-21(8-6-20)36-24-13-19-15-35-37(31-29(40)27(38)28(39)30(46-31)33(43)44)23(19)14-22(24)25(26(36)17-9-11-45-12-10-17)16-1-3-18(4-2-16)32(41)42;29-22-5-7-23(8-6-22)31-25-14-21-16-30-15-20(21)13-24(25)26(27(31)18-9-11-34-12-10-18)17-1-3-19(4-2-17)28(32)33;1-5-6(2)9(11(14)15-4)17-10(12)8(5)16-7(3)13/h2*1-8,13-15,17,27-31,38-40H,9-12H2,(H,41,42)(H,43,44);1-8,13-14,16,18H,9-12,15H2,(H,32,33);5-6,8-10H,1-4H3/t2*27-,28-,29+,30-,31?;;5-,6-,8+,9-,10-/m00.0/s1. The van der Waals surface area contributed by atoms with E-state index < -0.39 is 114 Å². The van der Waals surface area contributed by atoms with Gasteiger partial charge >= 0.3 is 41.8 Å². The molecule has 11 N–H and O–H groups in total. The van der Waals surface area contributed by atoms with E-state index >= 15 is 0 Å². The number of aliphatic hydroxyl groups excluding tert-OH is 6. The van der Waals surface area contributed by atoms with Crippen molar-refractivity contribution in [3.63, 3.8) is 0 Å². The van der Waals surface area contributed by atoms with Crippen LogP contribution in [0.2, 0.25) is 0 Å². The molecule has 0 amide bonds. The first-order valence-corrected chi connectivity index (χ1v) is 47.4. The van der Waals surface area contributed by atoms with Gasteiger partial charge < -0.3 is 108 Å². The van der Waals surface area contributed by atoms with E-state index in [4.69, 9.17) is 33.2 Å². The van der Waals surface area contributed by atoms with Crippen LogP contribution in [0, 0.1) is 29.3 Å². The molecule has 0 saturated carbocycles. The SMILES string of the molecule is COC(=O)[C@H]1O[C@H](Br)[C@H](OC(C)=O)[C@@H](C)[C@@H]1C.O=C(O)c1ccc(-c2c(C3CCOCC3)n(-c3ccc(F)cc3)c3cc4c(cc23)CN=C4)cc1.O=C(O)c1ccc(-c2c(C3CCOCC3)n(-c3ccc(F)cc3)c3cc4cn(C5O[C@H](C(=O)O)[C@@H](O)[C@H](O)[C@H]5O)nc4cc23)cc1.O=C(O)c1ccc(-c2c(C3CCOCC3)n(-c3ccc(F)cc3)c3cc4cnn(C5O[C@H](C(=O)O)[C@@H](O)[C@H](O)[C@H]5O)c4cc23)cc1. The van der Waals surface area contributed by atoms with Crippen molar-refractivity contribution in [2.45, 2.75) is 162 Å². The van der Waals surface area contributed by atoms with Crippen LogP contribution in [0.15, 0.2) is 199 Å². The second kappa shape index (κ2) is 41.7. The Bertz CT molecular complexity index is 7140. The van der Waals surface area contributed by atoms with Crippen LogP contribution in [0.1, 0.15) is 149 Å². The second-order valence-electron chi connectivity index (χ2n) is 36.4. The first kappa shape index (κ1) is 99.4. The molecule has 14 aromatic rings. The highest BCUT2D eigenvalue weighted by Crippen LogP contribution is 2.51. The van der Waals surface area contributed by atoms with Gasteiger partial charge in [-0.2, -0.15) is 10.2 Å². The molecule has 7 aliphatic rings. The lowest BCUT2D eigenvalue weighted by atomic mass is 9.84. The Kier molecular flexibility index (Phi) is 29.0. The molecule has 21 rings (SSSR count). The summed E-state index contributed by atoms with van der Waals surface area (Å²) in [4.78, 5) is 85.2. The van der Waals surface area contributed by atoms with E-state index in [-0.39, 0.29) is 69.7 Å². The summed E-state index contributed by atoms with van der Waals surface area (Å²) in [6.45, 7) is 9.38. The molecule has 15 atom stereocenters. The lowest BCUT2D eigenvalue weighted by Gasteiger charge is -2.40. The number of aliphatic hydroxyl groups is 6. The number of benzene rings is 9. The van der Waals surface area contributed by atoms with Crippen molar-refractivity contribution in [1.82, 2.24) is 33.3 Å². The fraction of sp³-hybridized carbons (Fsp3) is 0.333. The molecule has 0 spiro atoms. The van der Waals surface area contributed by atoms with Crippen molar-refractivity contribution in [2.24, 2.45) is 16.8 Å². The maximum atomic E-state index is 14.1. The quantitative estimate of drug-likeness (QED) is 0.0281. The van der Waals surface area contributed by atoms with E-state index in [1.165, 1.54) is 83.7 Å². The van der Waals surface area contributed by atoms with Gasteiger partial charge in [-0.05, 0) is 218 Å². The van der Waals surface area contributed by atoms with Crippen LogP contribution in [-0.2, 0) is 63.6 Å².